The smallest absolute Gasteiger partial charge is 0.332 e. The van der Waals surface area contributed by atoms with E-state index in [1.165, 1.54) is 0 Å². The third-order valence-electron chi connectivity index (χ3n) is 3.99. The fourth-order valence-corrected chi connectivity index (χ4v) is 2.50. The van der Waals surface area contributed by atoms with Gasteiger partial charge in [-0.1, -0.05) is 20.8 Å². The number of hydrogen-bond donors (Lipinski definition) is 3. The van der Waals surface area contributed by atoms with E-state index in [4.69, 9.17) is 10.2 Å². The van der Waals surface area contributed by atoms with E-state index in [9.17, 15) is 9.59 Å². The topological polar surface area (TPSA) is 89.9 Å². The Kier molecular flexibility index (Phi) is 5.80. The summed E-state index contributed by atoms with van der Waals surface area (Å²) in [6, 6.07) is -0.171. The zero-order valence-corrected chi connectivity index (χ0v) is 12.6. The van der Waals surface area contributed by atoms with E-state index in [1.807, 2.05) is 0 Å². The predicted octanol–water partition coefficient (Wildman–Crippen LogP) is 1.29. The number of carbonyl (C=O) groups is 2. The summed E-state index contributed by atoms with van der Waals surface area (Å²) in [5.41, 5.74) is 0.272. The minimum atomic E-state index is -1.41. The summed E-state index contributed by atoms with van der Waals surface area (Å²) in [5, 5.41) is 20.3. The van der Waals surface area contributed by atoms with Gasteiger partial charge in [0, 0.05) is 26.1 Å². The number of piperidine rings is 1. The largest absolute Gasteiger partial charge is 0.479 e. The molecule has 0 aromatic carbocycles. The number of rotatable bonds is 4. The van der Waals surface area contributed by atoms with Crippen molar-refractivity contribution in [2.75, 3.05) is 19.6 Å². The van der Waals surface area contributed by atoms with Crippen LogP contribution in [0.5, 0.6) is 0 Å². The number of aliphatic carboxylic acids is 1. The molecule has 0 aromatic rings. The number of amides is 2. The van der Waals surface area contributed by atoms with Crippen molar-refractivity contribution in [2.45, 2.75) is 46.1 Å². The third-order valence-corrected chi connectivity index (χ3v) is 3.99. The zero-order chi connectivity index (χ0) is 15.3. The van der Waals surface area contributed by atoms with Crippen molar-refractivity contribution in [3.63, 3.8) is 0 Å². The molecule has 0 saturated carbocycles. The zero-order valence-electron chi connectivity index (χ0n) is 12.6. The van der Waals surface area contributed by atoms with E-state index in [0.29, 0.717) is 5.92 Å². The lowest BCUT2D eigenvalue weighted by Crippen LogP contribution is -2.46. The van der Waals surface area contributed by atoms with E-state index in [0.717, 1.165) is 25.9 Å². The summed E-state index contributed by atoms with van der Waals surface area (Å²) < 4.78 is 0. The van der Waals surface area contributed by atoms with Crippen LogP contribution >= 0.6 is 0 Å². The number of urea groups is 1. The van der Waals surface area contributed by atoms with Crippen LogP contribution in [0, 0.1) is 11.3 Å². The van der Waals surface area contributed by atoms with Crippen LogP contribution in [0.2, 0.25) is 0 Å². The Morgan fingerprint density at radius 1 is 1.30 bits per heavy atom. The molecule has 3 N–H and O–H groups in total. The molecule has 0 aliphatic carbocycles. The van der Waals surface area contributed by atoms with E-state index >= 15 is 0 Å². The van der Waals surface area contributed by atoms with Crippen LogP contribution in [0.15, 0.2) is 0 Å². The monoisotopic (exact) mass is 286 g/mol. The lowest BCUT2D eigenvalue weighted by Gasteiger charge is -2.38. The molecule has 1 saturated heterocycles. The maximum atomic E-state index is 11.9. The molecule has 6 nitrogen and oxygen atoms in total. The standard InChI is InChI=1S/C14H26N2O4/c1-14(2,3)10-5-8-16(9-6-10)13(20)15-7-4-11(17)12(18)19/h10-11,17H,4-9H2,1-3H3,(H,15,20)(H,18,19). The average molecular weight is 286 g/mol. The van der Waals surface area contributed by atoms with Crippen molar-refractivity contribution in [1.82, 2.24) is 10.2 Å². The van der Waals surface area contributed by atoms with Gasteiger partial charge in [-0.05, 0) is 24.2 Å². The Labute approximate surface area is 120 Å². The second kappa shape index (κ2) is 6.92. The molecule has 1 unspecified atom stereocenters. The molecule has 2 amide bonds. The summed E-state index contributed by atoms with van der Waals surface area (Å²) in [7, 11) is 0. The molecule has 1 rings (SSSR count). The first-order valence-electron chi connectivity index (χ1n) is 7.15. The average Bonchev–Trinajstić information content (AvgIpc) is 2.37. The van der Waals surface area contributed by atoms with Crippen molar-refractivity contribution in [2.24, 2.45) is 11.3 Å². The maximum Gasteiger partial charge on any atom is 0.332 e. The lowest BCUT2D eigenvalue weighted by atomic mass is 9.75. The summed E-state index contributed by atoms with van der Waals surface area (Å²) in [4.78, 5) is 24.1. The van der Waals surface area contributed by atoms with Gasteiger partial charge in [-0.25, -0.2) is 9.59 Å². The van der Waals surface area contributed by atoms with Crippen molar-refractivity contribution < 1.29 is 19.8 Å². The minimum absolute atomic E-state index is 0.0273. The highest BCUT2D eigenvalue weighted by Gasteiger charge is 2.30. The fourth-order valence-electron chi connectivity index (χ4n) is 2.50. The molecule has 1 heterocycles. The first kappa shape index (κ1) is 16.8. The number of carbonyl (C=O) groups excluding carboxylic acids is 1. The van der Waals surface area contributed by atoms with E-state index in [2.05, 4.69) is 26.1 Å². The van der Waals surface area contributed by atoms with Crippen molar-refractivity contribution in [1.29, 1.82) is 0 Å². The molecule has 0 aromatic heterocycles. The van der Waals surface area contributed by atoms with Crippen LogP contribution in [-0.2, 0) is 4.79 Å². The van der Waals surface area contributed by atoms with Gasteiger partial charge in [-0.3, -0.25) is 0 Å². The molecular weight excluding hydrogens is 260 g/mol. The van der Waals surface area contributed by atoms with Gasteiger partial charge in [-0.2, -0.15) is 0 Å². The Morgan fingerprint density at radius 3 is 2.30 bits per heavy atom. The predicted molar refractivity (Wildman–Crippen MR) is 75.4 cm³/mol. The van der Waals surface area contributed by atoms with Gasteiger partial charge in [0.2, 0.25) is 0 Å². The van der Waals surface area contributed by atoms with Gasteiger partial charge in [0.05, 0.1) is 0 Å². The van der Waals surface area contributed by atoms with Crippen LogP contribution in [-0.4, -0.2) is 52.9 Å². The third kappa shape index (κ3) is 5.00. The summed E-state index contributed by atoms with van der Waals surface area (Å²) >= 11 is 0. The molecule has 1 aliphatic rings. The van der Waals surface area contributed by atoms with Gasteiger partial charge in [0.25, 0.3) is 0 Å². The molecule has 116 valence electrons. The minimum Gasteiger partial charge on any atom is -0.479 e. The number of carboxylic acid groups (broad SMARTS) is 1. The Morgan fingerprint density at radius 2 is 1.85 bits per heavy atom. The van der Waals surface area contributed by atoms with Crippen LogP contribution in [0.25, 0.3) is 0 Å². The number of hydrogen-bond acceptors (Lipinski definition) is 3. The van der Waals surface area contributed by atoms with Crippen LogP contribution in [0.4, 0.5) is 4.79 Å². The van der Waals surface area contributed by atoms with E-state index < -0.39 is 12.1 Å². The number of nitrogens with one attached hydrogen (secondary N) is 1. The van der Waals surface area contributed by atoms with Gasteiger partial charge < -0.3 is 20.4 Å². The van der Waals surface area contributed by atoms with Gasteiger partial charge in [0.15, 0.2) is 6.10 Å². The number of aliphatic hydroxyl groups excluding tert-OH is 1. The molecule has 1 aliphatic heterocycles. The quantitative estimate of drug-likeness (QED) is 0.726. The van der Waals surface area contributed by atoms with Crippen molar-refractivity contribution in [3.05, 3.63) is 0 Å². The molecule has 1 fully saturated rings. The normalized spacial score (nSPS) is 18.7. The van der Waals surface area contributed by atoms with Crippen LogP contribution in [0.1, 0.15) is 40.0 Å². The highest BCUT2D eigenvalue weighted by atomic mass is 16.4. The summed E-state index contributed by atoms with van der Waals surface area (Å²) in [5.74, 6) is -0.634. The van der Waals surface area contributed by atoms with Gasteiger partial charge in [-0.15, -0.1) is 0 Å². The lowest BCUT2D eigenvalue weighted by molar-refractivity contribution is -0.146. The number of carboxylic acids is 1. The molecule has 0 spiro atoms. The highest BCUT2D eigenvalue weighted by molar-refractivity contribution is 5.74. The molecule has 6 heteroatoms. The van der Waals surface area contributed by atoms with Gasteiger partial charge in [0.1, 0.15) is 0 Å². The number of nitrogens with zero attached hydrogens (tertiary/aromatic N) is 1. The number of likely N-dealkylation sites (tertiary alicyclic amines) is 1. The van der Waals surface area contributed by atoms with Gasteiger partial charge >= 0.3 is 12.0 Å². The van der Waals surface area contributed by atoms with Crippen molar-refractivity contribution in [3.8, 4) is 0 Å². The van der Waals surface area contributed by atoms with Crippen LogP contribution < -0.4 is 5.32 Å². The van der Waals surface area contributed by atoms with Crippen molar-refractivity contribution >= 4 is 12.0 Å². The highest BCUT2D eigenvalue weighted by Crippen LogP contribution is 2.34. The second-order valence-corrected chi connectivity index (χ2v) is 6.50. The molecule has 20 heavy (non-hydrogen) atoms. The Bertz CT molecular complexity index is 344. The second-order valence-electron chi connectivity index (χ2n) is 6.50. The molecule has 1 atom stereocenters. The molecule has 0 bridgehead atoms. The maximum absolute atomic E-state index is 11.9. The SMILES string of the molecule is CC(C)(C)C1CCN(C(=O)NCCC(O)C(=O)O)CC1. The summed E-state index contributed by atoms with van der Waals surface area (Å²) in [6.45, 7) is 8.30. The van der Waals surface area contributed by atoms with E-state index in [-0.39, 0.29) is 24.4 Å². The summed E-state index contributed by atoms with van der Waals surface area (Å²) in [6.07, 6.45) is 0.602. The molecule has 0 radical (unpaired) electrons. The Hall–Kier alpha value is -1.30. The van der Waals surface area contributed by atoms with E-state index in [1.54, 1.807) is 4.90 Å². The fraction of sp³-hybridized carbons (Fsp3) is 0.857. The first-order chi connectivity index (χ1) is 9.21. The van der Waals surface area contributed by atoms with Crippen LogP contribution in [0.3, 0.4) is 0 Å². The first-order valence-corrected chi connectivity index (χ1v) is 7.15. The molecular formula is C14H26N2O4. The Balaban J connectivity index is 2.28. The number of aliphatic hydroxyl groups is 1.